The Bertz CT molecular complexity index is 402. The van der Waals surface area contributed by atoms with Crippen molar-refractivity contribution < 1.29 is 10.0 Å². The van der Waals surface area contributed by atoms with E-state index in [2.05, 4.69) is 5.32 Å². The van der Waals surface area contributed by atoms with Crippen molar-refractivity contribution in [2.75, 3.05) is 7.05 Å². The molecule has 0 aliphatic rings. The largest absolute Gasteiger partial charge is 0.502 e. The second-order valence-electron chi connectivity index (χ2n) is 4.39. The average molecular weight is 224 g/mol. The van der Waals surface area contributed by atoms with Gasteiger partial charge in [0.2, 0.25) is 0 Å². The zero-order valence-electron chi connectivity index (χ0n) is 9.65. The monoisotopic (exact) mass is 224 g/mol. The van der Waals surface area contributed by atoms with Crippen molar-refractivity contribution in [2.45, 2.75) is 25.8 Å². The SMILES string of the molecule is CNC(C)(C)Cc1ccc([N+](=O)[O-])c(O)c1. The minimum absolute atomic E-state index is 0.109. The van der Waals surface area contributed by atoms with Crippen LogP contribution in [0.5, 0.6) is 5.75 Å². The molecule has 0 heterocycles. The molecule has 0 radical (unpaired) electrons. The molecule has 0 amide bonds. The lowest BCUT2D eigenvalue weighted by molar-refractivity contribution is -0.385. The van der Waals surface area contributed by atoms with Crippen LogP contribution in [0.3, 0.4) is 0 Å². The summed E-state index contributed by atoms with van der Waals surface area (Å²) >= 11 is 0. The van der Waals surface area contributed by atoms with Gasteiger partial charge >= 0.3 is 5.69 Å². The van der Waals surface area contributed by atoms with Gasteiger partial charge in [0.1, 0.15) is 0 Å². The van der Waals surface area contributed by atoms with Crippen molar-refractivity contribution in [3.05, 3.63) is 33.9 Å². The maximum atomic E-state index is 10.5. The van der Waals surface area contributed by atoms with Gasteiger partial charge in [-0.15, -0.1) is 0 Å². The number of aromatic hydroxyl groups is 1. The van der Waals surface area contributed by atoms with Crippen molar-refractivity contribution >= 4 is 5.69 Å². The lowest BCUT2D eigenvalue weighted by atomic mass is 9.95. The Balaban J connectivity index is 2.94. The third kappa shape index (κ3) is 2.93. The summed E-state index contributed by atoms with van der Waals surface area (Å²) in [5.41, 5.74) is 0.497. The van der Waals surface area contributed by atoms with Crippen LogP contribution in [0.4, 0.5) is 5.69 Å². The molecule has 0 spiro atoms. The molecule has 2 N–H and O–H groups in total. The third-order valence-corrected chi connectivity index (χ3v) is 2.56. The fourth-order valence-electron chi connectivity index (χ4n) is 1.43. The number of nitro benzene ring substituents is 1. The number of likely N-dealkylation sites (N-methyl/N-ethyl adjacent to an activating group) is 1. The van der Waals surface area contributed by atoms with Crippen molar-refractivity contribution in [3.8, 4) is 5.75 Å². The van der Waals surface area contributed by atoms with E-state index in [9.17, 15) is 15.2 Å². The van der Waals surface area contributed by atoms with Crippen LogP contribution < -0.4 is 5.32 Å². The van der Waals surface area contributed by atoms with Crippen molar-refractivity contribution in [1.29, 1.82) is 0 Å². The summed E-state index contributed by atoms with van der Waals surface area (Å²) < 4.78 is 0. The first kappa shape index (κ1) is 12.4. The lowest BCUT2D eigenvalue weighted by Crippen LogP contribution is -2.38. The van der Waals surface area contributed by atoms with Gasteiger partial charge in [0, 0.05) is 11.6 Å². The van der Waals surface area contributed by atoms with Gasteiger partial charge < -0.3 is 10.4 Å². The number of nitrogens with zero attached hydrogens (tertiary/aromatic N) is 1. The first-order chi connectivity index (χ1) is 7.35. The summed E-state index contributed by atoms with van der Waals surface area (Å²) in [5, 5.41) is 23.1. The predicted octanol–water partition coefficient (Wildman–Crippen LogP) is 1.84. The smallest absolute Gasteiger partial charge is 0.310 e. The van der Waals surface area contributed by atoms with E-state index in [0.29, 0.717) is 6.42 Å². The molecular weight excluding hydrogens is 208 g/mol. The molecule has 0 aliphatic carbocycles. The Kier molecular flexibility index (Phi) is 3.49. The number of phenols is 1. The van der Waals surface area contributed by atoms with Crippen molar-refractivity contribution in [2.24, 2.45) is 0 Å². The maximum Gasteiger partial charge on any atom is 0.310 e. The summed E-state index contributed by atoms with van der Waals surface area (Å²) in [7, 11) is 1.85. The van der Waals surface area contributed by atoms with Gasteiger partial charge in [0.15, 0.2) is 5.75 Å². The van der Waals surface area contributed by atoms with E-state index in [-0.39, 0.29) is 17.0 Å². The standard InChI is InChI=1S/C11H16N2O3/c1-11(2,12-3)7-8-4-5-9(13(15)16)10(14)6-8/h4-6,12,14H,7H2,1-3H3. The first-order valence-corrected chi connectivity index (χ1v) is 5.01. The Hall–Kier alpha value is -1.62. The Morgan fingerprint density at radius 1 is 1.50 bits per heavy atom. The number of nitro groups is 1. The second-order valence-corrected chi connectivity index (χ2v) is 4.39. The number of nitrogens with one attached hydrogen (secondary N) is 1. The fourth-order valence-corrected chi connectivity index (χ4v) is 1.43. The summed E-state index contributed by atoms with van der Waals surface area (Å²) in [6.07, 6.45) is 0.690. The van der Waals surface area contributed by atoms with E-state index >= 15 is 0 Å². The number of phenolic OH excluding ortho intramolecular Hbond substituents is 1. The highest BCUT2D eigenvalue weighted by Gasteiger charge is 2.18. The summed E-state index contributed by atoms with van der Waals surface area (Å²) in [5.74, 6) is -0.283. The van der Waals surface area contributed by atoms with Gasteiger partial charge in [0.05, 0.1) is 4.92 Å². The van der Waals surface area contributed by atoms with Crippen LogP contribution >= 0.6 is 0 Å². The quantitative estimate of drug-likeness (QED) is 0.604. The summed E-state index contributed by atoms with van der Waals surface area (Å²) in [6, 6.07) is 4.44. The highest BCUT2D eigenvalue weighted by molar-refractivity contribution is 5.47. The van der Waals surface area contributed by atoms with E-state index in [1.54, 1.807) is 6.07 Å². The number of hydrogen-bond acceptors (Lipinski definition) is 4. The Morgan fingerprint density at radius 2 is 2.12 bits per heavy atom. The van der Waals surface area contributed by atoms with E-state index in [1.807, 2.05) is 20.9 Å². The molecule has 0 aliphatic heterocycles. The molecular formula is C11H16N2O3. The number of benzene rings is 1. The van der Waals surface area contributed by atoms with E-state index in [1.165, 1.54) is 12.1 Å². The van der Waals surface area contributed by atoms with Gasteiger partial charge in [-0.2, -0.15) is 0 Å². The molecule has 0 bridgehead atoms. The van der Waals surface area contributed by atoms with Crippen molar-refractivity contribution in [3.63, 3.8) is 0 Å². The topological polar surface area (TPSA) is 75.4 Å². The molecule has 88 valence electrons. The van der Waals surface area contributed by atoms with E-state index in [0.717, 1.165) is 5.56 Å². The van der Waals surface area contributed by atoms with Crippen LogP contribution in [-0.4, -0.2) is 22.6 Å². The molecule has 1 aromatic carbocycles. The number of rotatable bonds is 4. The molecule has 1 rings (SSSR count). The fraction of sp³-hybridized carbons (Fsp3) is 0.455. The van der Waals surface area contributed by atoms with Crippen LogP contribution in [0.25, 0.3) is 0 Å². The maximum absolute atomic E-state index is 10.5. The lowest BCUT2D eigenvalue weighted by Gasteiger charge is -2.23. The molecule has 0 saturated heterocycles. The van der Waals surface area contributed by atoms with Gasteiger partial charge in [-0.05, 0) is 38.9 Å². The first-order valence-electron chi connectivity index (χ1n) is 5.01. The molecule has 5 heteroatoms. The number of hydrogen-bond donors (Lipinski definition) is 2. The molecule has 0 saturated carbocycles. The second kappa shape index (κ2) is 4.49. The van der Waals surface area contributed by atoms with Gasteiger partial charge in [-0.1, -0.05) is 6.07 Å². The molecule has 0 atom stereocenters. The molecule has 0 fully saturated rings. The van der Waals surface area contributed by atoms with Gasteiger partial charge in [0.25, 0.3) is 0 Å². The highest BCUT2D eigenvalue weighted by Crippen LogP contribution is 2.27. The minimum atomic E-state index is -0.595. The van der Waals surface area contributed by atoms with Crippen LogP contribution in [0.2, 0.25) is 0 Å². The van der Waals surface area contributed by atoms with E-state index < -0.39 is 4.92 Å². The van der Waals surface area contributed by atoms with Crippen LogP contribution in [0.15, 0.2) is 18.2 Å². The zero-order valence-corrected chi connectivity index (χ0v) is 9.65. The zero-order chi connectivity index (χ0) is 12.3. The van der Waals surface area contributed by atoms with E-state index in [4.69, 9.17) is 0 Å². The molecule has 1 aromatic rings. The van der Waals surface area contributed by atoms with Gasteiger partial charge in [-0.25, -0.2) is 0 Å². The minimum Gasteiger partial charge on any atom is -0.502 e. The summed E-state index contributed by atoms with van der Waals surface area (Å²) in [4.78, 5) is 9.91. The Morgan fingerprint density at radius 3 is 2.56 bits per heavy atom. The molecule has 0 unspecified atom stereocenters. The normalized spacial score (nSPS) is 11.4. The molecule has 16 heavy (non-hydrogen) atoms. The predicted molar refractivity (Wildman–Crippen MR) is 61.6 cm³/mol. The third-order valence-electron chi connectivity index (χ3n) is 2.56. The summed E-state index contributed by atoms with van der Waals surface area (Å²) in [6.45, 7) is 4.04. The van der Waals surface area contributed by atoms with Crippen LogP contribution in [0.1, 0.15) is 19.4 Å². The Labute approximate surface area is 94.3 Å². The molecule has 5 nitrogen and oxygen atoms in total. The van der Waals surface area contributed by atoms with Crippen LogP contribution in [0, 0.1) is 10.1 Å². The van der Waals surface area contributed by atoms with Crippen molar-refractivity contribution in [1.82, 2.24) is 5.32 Å². The molecule has 0 aromatic heterocycles. The average Bonchev–Trinajstić information content (AvgIpc) is 2.16. The van der Waals surface area contributed by atoms with Crippen LogP contribution in [-0.2, 0) is 6.42 Å². The van der Waals surface area contributed by atoms with Gasteiger partial charge in [-0.3, -0.25) is 10.1 Å². The highest BCUT2D eigenvalue weighted by atomic mass is 16.6.